The first-order valence-corrected chi connectivity index (χ1v) is 5.74. The van der Waals surface area contributed by atoms with Gasteiger partial charge in [0.05, 0.1) is 23.4 Å². The summed E-state index contributed by atoms with van der Waals surface area (Å²) in [5, 5.41) is 3.71. The van der Waals surface area contributed by atoms with Crippen LogP contribution in [0.5, 0.6) is 0 Å². The highest BCUT2D eigenvalue weighted by Gasteiger charge is 2.14. The minimum atomic E-state index is -0.426. The van der Waals surface area contributed by atoms with Gasteiger partial charge in [-0.1, -0.05) is 17.7 Å². The Kier molecular flexibility index (Phi) is 3.76. The molecule has 1 N–H and O–H groups in total. The lowest BCUT2D eigenvalue weighted by molar-refractivity contribution is 0.0600. The van der Waals surface area contributed by atoms with E-state index in [4.69, 9.17) is 11.6 Å². The van der Waals surface area contributed by atoms with Gasteiger partial charge in [-0.15, -0.1) is 0 Å². The number of nitrogens with one attached hydrogen (secondary N) is 1. The number of carbonyl (C=O) groups excluding carboxylic acids is 1. The summed E-state index contributed by atoms with van der Waals surface area (Å²) in [5.74, 6) is -0.426. The molecule has 0 fully saturated rings. The van der Waals surface area contributed by atoms with E-state index in [0.717, 1.165) is 30.8 Å². The second-order valence-corrected chi connectivity index (χ2v) is 4.14. The standard InChI is InChI=1S/C12H13ClN2O2/c1-17-12(16)9-6-10(13)11(15-7-9)8-2-4-14-5-3-8/h2,6-7,14H,3-5H2,1H3. The van der Waals surface area contributed by atoms with Crippen LogP contribution in [0.2, 0.25) is 5.02 Å². The molecule has 1 aliphatic heterocycles. The molecular formula is C12H13ClN2O2. The summed E-state index contributed by atoms with van der Waals surface area (Å²) in [7, 11) is 1.33. The molecule has 0 saturated heterocycles. The second-order valence-electron chi connectivity index (χ2n) is 3.73. The summed E-state index contributed by atoms with van der Waals surface area (Å²) in [6, 6.07) is 1.60. The quantitative estimate of drug-likeness (QED) is 0.817. The molecule has 0 saturated carbocycles. The highest BCUT2D eigenvalue weighted by molar-refractivity contribution is 6.32. The molecule has 1 aromatic rings. The SMILES string of the molecule is COC(=O)c1cnc(C2=CCNCC2)c(Cl)c1. The molecule has 1 aliphatic rings. The number of halogens is 1. The number of esters is 1. The summed E-state index contributed by atoms with van der Waals surface area (Å²) in [6.07, 6.45) is 4.45. The van der Waals surface area contributed by atoms with Crippen LogP contribution in [-0.4, -0.2) is 31.2 Å². The smallest absolute Gasteiger partial charge is 0.339 e. The molecule has 0 aromatic carbocycles. The lowest BCUT2D eigenvalue weighted by Gasteiger charge is -2.14. The van der Waals surface area contributed by atoms with Gasteiger partial charge in [0.1, 0.15) is 0 Å². The third kappa shape index (κ3) is 2.65. The van der Waals surface area contributed by atoms with Gasteiger partial charge in [-0.25, -0.2) is 4.79 Å². The Labute approximate surface area is 105 Å². The van der Waals surface area contributed by atoms with E-state index in [1.54, 1.807) is 6.07 Å². The Hall–Kier alpha value is -1.39. The number of aromatic nitrogens is 1. The minimum Gasteiger partial charge on any atom is -0.465 e. The molecular weight excluding hydrogens is 240 g/mol. The van der Waals surface area contributed by atoms with Gasteiger partial charge in [0.2, 0.25) is 0 Å². The molecule has 17 heavy (non-hydrogen) atoms. The normalized spacial score (nSPS) is 15.3. The molecule has 4 nitrogen and oxygen atoms in total. The summed E-state index contributed by atoms with van der Waals surface area (Å²) in [5.41, 5.74) is 2.24. The molecule has 0 amide bonds. The number of methoxy groups -OCH3 is 1. The molecule has 0 aliphatic carbocycles. The van der Waals surface area contributed by atoms with Gasteiger partial charge >= 0.3 is 5.97 Å². The Bertz CT molecular complexity index is 472. The van der Waals surface area contributed by atoms with Crippen LogP contribution in [0, 0.1) is 0 Å². The lowest BCUT2D eigenvalue weighted by Crippen LogP contribution is -2.20. The lowest BCUT2D eigenvalue weighted by atomic mass is 10.0. The van der Waals surface area contributed by atoms with Crippen LogP contribution >= 0.6 is 11.6 Å². The molecule has 1 aromatic heterocycles. The van der Waals surface area contributed by atoms with Crippen LogP contribution in [0.4, 0.5) is 0 Å². The number of carbonyl (C=O) groups is 1. The number of nitrogens with zero attached hydrogens (tertiary/aromatic N) is 1. The summed E-state index contributed by atoms with van der Waals surface area (Å²) in [4.78, 5) is 15.5. The van der Waals surface area contributed by atoms with Crippen molar-refractivity contribution >= 4 is 23.1 Å². The molecule has 90 valence electrons. The number of hydrogen-bond donors (Lipinski definition) is 1. The van der Waals surface area contributed by atoms with Crippen molar-refractivity contribution in [3.8, 4) is 0 Å². The predicted molar refractivity (Wildman–Crippen MR) is 66.1 cm³/mol. The predicted octanol–water partition coefficient (Wildman–Crippen LogP) is 1.90. The van der Waals surface area contributed by atoms with Crippen molar-refractivity contribution in [1.29, 1.82) is 0 Å². The van der Waals surface area contributed by atoms with Gasteiger partial charge < -0.3 is 10.1 Å². The Morgan fingerprint density at radius 2 is 2.41 bits per heavy atom. The minimum absolute atomic E-state index is 0.371. The van der Waals surface area contributed by atoms with E-state index in [9.17, 15) is 4.79 Å². The first kappa shape index (κ1) is 12.1. The van der Waals surface area contributed by atoms with E-state index in [-0.39, 0.29) is 0 Å². The van der Waals surface area contributed by atoms with Crippen molar-refractivity contribution in [1.82, 2.24) is 10.3 Å². The van der Waals surface area contributed by atoms with E-state index >= 15 is 0 Å². The highest BCUT2D eigenvalue weighted by Crippen LogP contribution is 2.25. The van der Waals surface area contributed by atoms with Gasteiger partial charge in [-0.05, 0) is 24.6 Å². The van der Waals surface area contributed by atoms with E-state index in [0.29, 0.717) is 10.6 Å². The molecule has 2 heterocycles. The Balaban J connectivity index is 2.31. The van der Waals surface area contributed by atoms with Crippen LogP contribution in [0.25, 0.3) is 5.57 Å². The maximum absolute atomic E-state index is 11.3. The van der Waals surface area contributed by atoms with Crippen LogP contribution < -0.4 is 5.32 Å². The number of rotatable bonds is 2. The monoisotopic (exact) mass is 252 g/mol. The number of pyridine rings is 1. The van der Waals surface area contributed by atoms with Crippen LogP contribution in [-0.2, 0) is 4.74 Å². The van der Waals surface area contributed by atoms with Crippen LogP contribution in [0.1, 0.15) is 22.5 Å². The average molecular weight is 253 g/mol. The van der Waals surface area contributed by atoms with Crippen LogP contribution in [0.15, 0.2) is 18.3 Å². The van der Waals surface area contributed by atoms with Crippen molar-refractivity contribution in [3.63, 3.8) is 0 Å². The Morgan fingerprint density at radius 1 is 1.59 bits per heavy atom. The maximum Gasteiger partial charge on any atom is 0.339 e. The van der Waals surface area contributed by atoms with Gasteiger partial charge in [0.15, 0.2) is 0 Å². The topological polar surface area (TPSA) is 51.2 Å². The summed E-state index contributed by atoms with van der Waals surface area (Å²) < 4.78 is 4.61. The van der Waals surface area contributed by atoms with E-state index in [2.05, 4.69) is 21.1 Å². The second kappa shape index (κ2) is 5.29. The van der Waals surface area contributed by atoms with Crippen molar-refractivity contribution in [3.05, 3.63) is 34.6 Å². The van der Waals surface area contributed by atoms with Crippen molar-refractivity contribution in [2.45, 2.75) is 6.42 Å². The van der Waals surface area contributed by atoms with Crippen molar-refractivity contribution < 1.29 is 9.53 Å². The first-order chi connectivity index (χ1) is 8.22. The third-order valence-corrected chi connectivity index (χ3v) is 2.92. The first-order valence-electron chi connectivity index (χ1n) is 5.36. The molecule has 0 atom stereocenters. The zero-order valence-electron chi connectivity index (χ0n) is 9.50. The average Bonchev–Trinajstić information content (AvgIpc) is 2.38. The van der Waals surface area contributed by atoms with Gasteiger partial charge in [-0.2, -0.15) is 0 Å². The molecule has 2 rings (SSSR count). The summed E-state index contributed by atoms with van der Waals surface area (Å²) >= 11 is 6.13. The Morgan fingerprint density at radius 3 is 3.00 bits per heavy atom. The fourth-order valence-corrected chi connectivity index (χ4v) is 2.03. The van der Waals surface area contributed by atoms with Crippen LogP contribution in [0.3, 0.4) is 0 Å². The zero-order chi connectivity index (χ0) is 12.3. The number of hydrogen-bond acceptors (Lipinski definition) is 4. The van der Waals surface area contributed by atoms with Gasteiger partial charge in [-0.3, -0.25) is 4.98 Å². The van der Waals surface area contributed by atoms with E-state index in [1.807, 2.05) is 0 Å². The third-order valence-electron chi connectivity index (χ3n) is 2.63. The zero-order valence-corrected chi connectivity index (χ0v) is 10.3. The fourth-order valence-electron chi connectivity index (χ4n) is 1.74. The number of ether oxygens (including phenoxy) is 1. The molecule has 0 unspecified atom stereocenters. The van der Waals surface area contributed by atoms with Crippen molar-refractivity contribution in [2.75, 3.05) is 20.2 Å². The highest BCUT2D eigenvalue weighted by atomic mass is 35.5. The van der Waals surface area contributed by atoms with Gasteiger partial charge in [0, 0.05) is 12.7 Å². The van der Waals surface area contributed by atoms with E-state index < -0.39 is 5.97 Å². The van der Waals surface area contributed by atoms with Gasteiger partial charge in [0.25, 0.3) is 0 Å². The molecule has 0 radical (unpaired) electrons. The molecule has 5 heteroatoms. The molecule has 0 spiro atoms. The van der Waals surface area contributed by atoms with Crippen molar-refractivity contribution in [2.24, 2.45) is 0 Å². The summed E-state index contributed by atoms with van der Waals surface area (Å²) in [6.45, 7) is 1.74. The maximum atomic E-state index is 11.3. The van der Waals surface area contributed by atoms with E-state index in [1.165, 1.54) is 13.3 Å². The molecule has 0 bridgehead atoms. The fraction of sp³-hybridized carbons (Fsp3) is 0.333. The largest absolute Gasteiger partial charge is 0.465 e.